The maximum Gasteiger partial charge on any atom is 0.168 e. The Morgan fingerprint density at radius 3 is 2.43 bits per heavy atom. The predicted octanol–water partition coefficient (Wildman–Crippen LogP) is 2.89. The van der Waals surface area contributed by atoms with Gasteiger partial charge < -0.3 is 9.47 Å². The van der Waals surface area contributed by atoms with Gasteiger partial charge in [0.05, 0.1) is 13.2 Å². The smallest absolute Gasteiger partial charge is 0.168 e. The summed E-state index contributed by atoms with van der Waals surface area (Å²) in [6.07, 6.45) is 10.3. The second kappa shape index (κ2) is 4.45. The molecule has 1 saturated carbocycles. The summed E-state index contributed by atoms with van der Waals surface area (Å²) in [7, 11) is 0. The van der Waals surface area contributed by atoms with Gasteiger partial charge >= 0.3 is 0 Å². The van der Waals surface area contributed by atoms with Gasteiger partial charge in [0.2, 0.25) is 0 Å². The Morgan fingerprint density at radius 1 is 1.21 bits per heavy atom. The van der Waals surface area contributed by atoms with Crippen molar-refractivity contribution < 1.29 is 9.47 Å². The lowest BCUT2D eigenvalue weighted by atomic mass is 9.83. The van der Waals surface area contributed by atoms with Crippen molar-refractivity contribution in [2.24, 2.45) is 5.92 Å². The molecule has 0 atom stereocenters. The predicted molar refractivity (Wildman–Crippen MR) is 56.0 cm³/mol. The van der Waals surface area contributed by atoms with Gasteiger partial charge in [0.25, 0.3) is 0 Å². The van der Waals surface area contributed by atoms with Gasteiger partial charge in [-0.25, -0.2) is 0 Å². The largest absolute Gasteiger partial charge is 0.348 e. The van der Waals surface area contributed by atoms with Gasteiger partial charge in [-0.05, 0) is 32.1 Å². The van der Waals surface area contributed by atoms with E-state index in [2.05, 4.69) is 19.1 Å². The summed E-state index contributed by atoms with van der Waals surface area (Å²) in [5.74, 6) is 0.677. The van der Waals surface area contributed by atoms with Crippen molar-refractivity contribution in [1.29, 1.82) is 0 Å². The molecule has 2 nitrogen and oxygen atoms in total. The second-order valence-corrected chi connectivity index (χ2v) is 4.36. The minimum atomic E-state index is -0.174. The number of ether oxygens (including phenoxy) is 2. The highest BCUT2D eigenvalue weighted by Gasteiger charge is 2.39. The number of rotatable bonds is 2. The van der Waals surface area contributed by atoms with E-state index < -0.39 is 0 Å². The quantitative estimate of drug-likeness (QED) is 0.632. The normalized spacial score (nSPS) is 27.8. The molecule has 0 aromatic heterocycles. The van der Waals surface area contributed by atoms with E-state index in [4.69, 9.17) is 9.47 Å². The Balaban J connectivity index is 1.79. The van der Waals surface area contributed by atoms with E-state index >= 15 is 0 Å². The summed E-state index contributed by atoms with van der Waals surface area (Å²) in [5.41, 5.74) is 0. The SMILES string of the molecule is C/C=C\CC1CCC2(CC1)OCCO2. The van der Waals surface area contributed by atoms with Crippen LogP contribution in [0.5, 0.6) is 0 Å². The van der Waals surface area contributed by atoms with Gasteiger partial charge in [-0.3, -0.25) is 0 Å². The second-order valence-electron chi connectivity index (χ2n) is 4.36. The van der Waals surface area contributed by atoms with E-state index in [1.807, 2.05) is 0 Å². The molecule has 2 aliphatic rings. The van der Waals surface area contributed by atoms with E-state index in [0.717, 1.165) is 32.0 Å². The van der Waals surface area contributed by atoms with Crippen molar-refractivity contribution in [3.05, 3.63) is 12.2 Å². The van der Waals surface area contributed by atoms with Gasteiger partial charge in [0, 0.05) is 12.8 Å². The van der Waals surface area contributed by atoms with Crippen LogP contribution in [0.2, 0.25) is 0 Å². The van der Waals surface area contributed by atoms with E-state index in [0.29, 0.717) is 0 Å². The zero-order chi connectivity index (χ0) is 9.86. The van der Waals surface area contributed by atoms with Crippen LogP contribution in [-0.2, 0) is 9.47 Å². The van der Waals surface area contributed by atoms with E-state index in [-0.39, 0.29) is 5.79 Å². The van der Waals surface area contributed by atoms with Gasteiger partial charge in [0.15, 0.2) is 5.79 Å². The lowest BCUT2D eigenvalue weighted by molar-refractivity contribution is -0.182. The highest BCUT2D eigenvalue weighted by molar-refractivity contribution is 4.87. The van der Waals surface area contributed by atoms with Crippen LogP contribution < -0.4 is 0 Å². The molecule has 0 bridgehead atoms. The Labute approximate surface area is 86.3 Å². The Bertz CT molecular complexity index is 194. The van der Waals surface area contributed by atoms with Gasteiger partial charge in [-0.15, -0.1) is 0 Å². The summed E-state index contributed by atoms with van der Waals surface area (Å²) in [4.78, 5) is 0. The number of hydrogen-bond acceptors (Lipinski definition) is 2. The Hall–Kier alpha value is -0.340. The molecule has 2 heteroatoms. The third-order valence-corrected chi connectivity index (χ3v) is 3.39. The van der Waals surface area contributed by atoms with Crippen LogP contribution >= 0.6 is 0 Å². The fraction of sp³-hybridized carbons (Fsp3) is 0.833. The van der Waals surface area contributed by atoms with Crippen LogP contribution in [0, 0.1) is 5.92 Å². The summed E-state index contributed by atoms with van der Waals surface area (Å²) < 4.78 is 11.4. The molecular formula is C12H20O2. The van der Waals surface area contributed by atoms with E-state index in [1.54, 1.807) is 0 Å². The monoisotopic (exact) mass is 196 g/mol. The third-order valence-electron chi connectivity index (χ3n) is 3.39. The minimum absolute atomic E-state index is 0.174. The maximum absolute atomic E-state index is 5.69. The van der Waals surface area contributed by atoms with Crippen molar-refractivity contribution in [3.63, 3.8) is 0 Å². The molecule has 0 N–H and O–H groups in total. The summed E-state index contributed by atoms with van der Waals surface area (Å²) >= 11 is 0. The molecule has 1 spiro atoms. The molecule has 0 unspecified atom stereocenters. The lowest BCUT2D eigenvalue weighted by Crippen LogP contribution is -2.35. The molecule has 2 rings (SSSR count). The van der Waals surface area contributed by atoms with Crippen LogP contribution in [-0.4, -0.2) is 19.0 Å². The molecule has 1 aliphatic carbocycles. The van der Waals surface area contributed by atoms with Crippen molar-refractivity contribution in [3.8, 4) is 0 Å². The average molecular weight is 196 g/mol. The van der Waals surface area contributed by atoms with Crippen molar-refractivity contribution >= 4 is 0 Å². The van der Waals surface area contributed by atoms with Crippen LogP contribution in [0.15, 0.2) is 12.2 Å². The summed E-state index contributed by atoms with van der Waals surface area (Å²) in [6.45, 7) is 3.67. The molecule has 0 aromatic rings. The fourth-order valence-electron chi connectivity index (χ4n) is 2.47. The Kier molecular flexibility index (Phi) is 3.24. The summed E-state index contributed by atoms with van der Waals surface area (Å²) in [6, 6.07) is 0. The molecule has 2 fully saturated rings. The Morgan fingerprint density at radius 2 is 1.86 bits per heavy atom. The first-order valence-corrected chi connectivity index (χ1v) is 5.74. The molecule has 0 aromatic carbocycles. The average Bonchev–Trinajstić information content (AvgIpc) is 2.66. The van der Waals surface area contributed by atoms with Gasteiger partial charge in [-0.2, -0.15) is 0 Å². The summed E-state index contributed by atoms with van der Waals surface area (Å²) in [5, 5.41) is 0. The fourth-order valence-corrected chi connectivity index (χ4v) is 2.47. The van der Waals surface area contributed by atoms with Crippen LogP contribution in [0.3, 0.4) is 0 Å². The van der Waals surface area contributed by atoms with Crippen molar-refractivity contribution in [2.45, 2.75) is 44.8 Å². The zero-order valence-electron chi connectivity index (χ0n) is 9.00. The molecule has 80 valence electrons. The molecule has 14 heavy (non-hydrogen) atoms. The number of allylic oxidation sites excluding steroid dienone is 2. The molecule has 1 saturated heterocycles. The molecule has 0 radical (unpaired) electrons. The van der Waals surface area contributed by atoms with Crippen molar-refractivity contribution in [2.75, 3.05) is 13.2 Å². The van der Waals surface area contributed by atoms with Crippen molar-refractivity contribution in [1.82, 2.24) is 0 Å². The first-order valence-electron chi connectivity index (χ1n) is 5.74. The first kappa shape index (κ1) is 10.2. The highest BCUT2D eigenvalue weighted by Crippen LogP contribution is 2.39. The van der Waals surface area contributed by atoms with E-state index in [9.17, 15) is 0 Å². The molecular weight excluding hydrogens is 176 g/mol. The van der Waals surface area contributed by atoms with Crippen LogP contribution in [0.4, 0.5) is 0 Å². The topological polar surface area (TPSA) is 18.5 Å². The maximum atomic E-state index is 5.69. The van der Waals surface area contributed by atoms with Gasteiger partial charge in [0.1, 0.15) is 0 Å². The van der Waals surface area contributed by atoms with Crippen LogP contribution in [0.25, 0.3) is 0 Å². The molecule has 1 heterocycles. The van der Waals surface area contributed by atoms with Gasteiger partial charge in [-0.1, -0.05) is 12.2 Å². The lowest BCUT2D eigenvalue weighted by Gasteiger charge is -2.35. The zero-order valence-corrected chi connectivity index (χ0v) is 9.00. The molecule has 0 amide bonds. The standard InChI is InChI=1S/C12H20O2/c1-2-3-4-11-5-7-12(8-6-11)13-9-10-14-12/h2-3,11H,4-10H2,1H3/b3-2-. The highest BCUT2D eigenvalue weighted by atomic mass is 16.7. The third kappa shape index (κ3) is 2.18. The minimum Gasteiger partial charge on any atom is -0.348 e. The molecule has 1 aliphatic heterocycles. The number of hydrogen-bond donors (Lipinski definition) is 0. The van der Waals surface area contributed by atoms with E-state index in [1.165, 1.54) is 19.3 Å². The first-order chi connectivity index (χ1) is 6.85. The van der Waals surface area contributed by atoms with Crippen LogP contribution in [0.1, 0.15) is 39.0 Å².